The number of halogens is 2. The van der Waals surface area contributed by atoms with Gasteiger partial charge in [0, 0.05) is 23.0 Å². The van der Waals surface area contributed by atoms with E-state index in [2.05, 4.69) is 5.32 Å². The maximum absolute atomic E-state index is 13.6. The second kappa shape index (κ2) is 14.3. The third kappa shape index (κ3) is 8.03. The van der Waals surface area contributed by atoms with Crippen LogP contribution in [0, 0.1) is 6.92 Å². The molecule has 0 saturated heterocycles. The van der Waals surface area contributed by atoms with Gasteiger partial charge in [0.15, 0.2) is 11.5 Å². The van der Waals surface area contributed by atoms with E-state index in [1.54, 1.807) is 48.7 Å². The summed E-state index contributed by atoms with van der Waals surface area (Å²) in [6.07, 6.45) is 1.32. The summed E-state index contributed by atoms with van der Waals surface area (Å²) in [7, 11) is 3.20. The number of carbonyl (C=O) groups excluding carboxylic acids is 2. The van der Waals surface area contributed by atoms with Crippen LogP contribution in [0.5, 0.6) is 11.5 Å². The lowest BCUT2D eigenvalue weighted by Gasteiger charge is -2.28. The number of nitrogens with one attached hydrogen (secondary N) is 1. The van der Waals surface area contributed by atoms with Gasteiger partial charge in [-0.1, -0.05) is 36.2 Å². The van der Waals surface area contributed by atoms with Crippen LogP contribution in [0.2, 0.25) is 10.0 Å². The molecule has 0 atom stereocenters. The Kier molecular flexibility index (Phi) is 11.1. The van der Waals surface area contributed by atoms with Gasteiger partial charge in [-0.3, -0.25) is 4.79 Å². The molecule has 3 amide bonds. The Labute approximate surface area is 238 Å². The number of ether oxygens (including phenoxy) is 2. The number of urea groups is 1. The predicted molar refractivity (Wildman–Crippen MR) is 155 cm³/mol. The molecule has 1 heterocycles. The molecule has 2 aromatic carbocycles. The van der Waals surface area contributed by atoms with Crippen LogP contribution in [0.4, 0.5) is 10.5 Å². The highest BCUT2D eigenvalue weighted by atomic mass is 35.5. The van der Waals surface area contributed by atoms with Gasteiger partial charge in [-0.2, -0.15) is 0 Å². The summed E-state index contributed by atoms with van der Waals surface area (Å²) in [6.45, 7) is 5.32. The summed E-state index contributed by atoms with van der Waals surface area (Å²) in [6, 6.07) is 12.3. The van der Waals surface area contributed by atoms with E-state index >= 15 is 0 Å². The van der Waals surface area contributed by atoms with Crippen LogP contribution in [0.3, 0.4) is 0 Å². The predicted octanol–water partition coefficient (Wildman–Crippen LogP) is 6.90. The largest absolute Gasteiger partial charge is 0.493 e. The van der Waals surface area contributed by atoms with Gasteiger partial charge in [-0.15, -0.1) is 11.3 Å². The molecule has 0 unspecified atom stereocenters. The molecule has 0 aliphatic carbocycles. The Morgan fingerprint density at radius 2 is 1.74 bits per heavy atom. The van der Waals surface area contributed by atoms with Crippen molar-refractivity contribution >= 4 is 52.2 Å². The smallest absolute Gasteiger partial charge is 0.322 e. The Balaban J connectivity index is 1.76. The zero-order chi connectivity index (χ0) is 27.7. The van der Waals surface area contributed by atoms with Crippen molar-refractivity contribution < 1.29 is 19.1 Å². The highest BCUT2D eigenvalue weighted by Crippen LogP contribution is 2.28. The first-order chi connectivity index (χ1) is 18.2. The van der Waals surface area contributed by atoms with Gasteiger partial charge in [0.1, 0.15) is 6.54 Å². The number of methoxy groups -OCH3 is 2. The normalized spacial score (nSPS) is 10.7. The topological polar surface area (TPSA) is 71.1 Å². The fraction of sp³-hybridized carbons (Fsp3) is 0.357. The molecule has 7 nitrogen and oxygen atoms in total. The molecular formula is C28H33Cl2N3O4S. The minimum atomic E-state index is -0.392. The Morgan fingerprint density at radius 1 is 0.974 bits per heavy atom. The molecule has 0 aliphatic heterocycles. The van der Waals surface area contributed by atoms with Crippen LogP contribution < -0.4 is 14.8 Å². The van der Waals surface area contributed by atoms with E-state index in [4.69, 9.17) is 32.7 Å². The summed E-state index contributed by atoms with van der Waals surface area (Å²) in [5.41, 5.74) is 2.59. The summed E-state index contributed by atoms with van der Waals surface area (Å²) in [5, 5.41) is 5.63. The zero-order valence-electron chi connectivity index (χ0n) is 22.1. The van der Waals surface area contributed by atoms with Gasteiger partial charge in [-0.05, 0) is 72.7 Å². The van der Waals surface area contributed by atoms with Gasteiger partial charge in [0.05, 0.1) is 31.5 Å². The van der Waals surface area contributed by atoms with Crippen LogP contribution >= 0.6 is 34.5 Å². The molecule has 1 aromatic heterocycles. The van der Waals surface area contributed by atoms with E-state index in [1.165, 1.54) is 4.90 Å². The second-order valence-electron chi connectivity index (χ2n) is 8.76. The molecule has 0 saturated carbocycles. The Morgan fingerprint density at radius 3 is 2.37 bits per heavy atom. The quantitative estimate of drug-likeness (QED) is 0.254. The average molecular weight is 579 g/mol. The molecule has 3 aromatic rings. The lowest BCUT2D eigenvalue weighted by molar-refractivity contribution is -0.132. The number of benzene rings is 2. The standard InChI is InChI=1S/C28H33Cl2N3O4S/c1-5-12-33(28(35)31-23-8-7-21(29)16-22(23)30)18-27(34)32(17-26-19(2)11-14-38-26)13-10-20-6-9-24(36-3)25(15-20)37-4/h6-9,11,14-16H,5,10,12-13,17-18H2,1-4H3,(H,31,35). The first-order valence-electron chi connectivity index (χ1n) is 12.3. The van der Waals surface area contributed by atoms with Crippen molar-refractivity contribution in [1.82, 2.24) is 9.80 Å². The number of rotatable bonds is 12. The first kappa shape index (κ1) is 29.6. The summed E-state index contributed by atoms with van der Waals surface area (Å²) in [5.74, 6) is 1.16. The number of thiophene rings is 1. The minimum absolute atomic E-state index is 0.0543. The molecule has 0 aliphatic rings. The highest BCUT2D eigenvalue weighted by Gasteiger charge is 2.23. The van der Waals surface area contributed by atoms with Gasteiger partial charge < -0.3 is 24.6 Å². The molecule has 3 rings (SSSR count). The highest BCUT2D eigenvalue weighted by molar-refractivity contribution is 7.10. The maximum Gasteiger partial charge on any atom is 0.322 e. The molecule has 0 fully saturated rings. The Bertz CT molecular complexity index is 1250. The zero-order valence-corrected chi connectivity index (χ0v) is 24.4. The van der Waals surface area contributed by atoms with E-state index in [0.29, 0.717) is 59.7 Å². The van der Waals surface area contributed by atoms with Crippen LogP contribution in [0.25, 0.3) is 0 Å². The number of carbonyl (C=O) groups is 2. The van der Waals surface area contributed by atoms with Crippen molar-refractivity contribution in [3.05, 3.63) is 73.9 Å². The van der Waals surface area contributed by atoms with Crippen molar-refractivity contribution in [3.8, 4) is 11.5 Å². The summed E-state index contributed by atoms with van der Waals surface area (Å²) in [4.78, 5) is 31.1. The summed E-state index contributed by atoms with van der Waals surface area (Å²) < 4.78 is 10.8. The van der Waals surface area contributed by atoms with Crippen LogP contribution in [0.15, 0.2) is 47.8 Å². The van der Waals surface area contributed by atoms with Crippen molar-refractivity contribution in [2.75, 3.05) is 39.2 Å². The van der Waals surface area contributed by atoms with Crippen molar-refractivity contribution in [2.24, 2.45) is 0 Å². The lowest BCUT2D eigenvalue weighted by Crippen LogP contribution is -2.45. The van der Waals surface area contributed by atoms with Crippen LogP contribution in [0.1, 0.15) is 29.3 Å². The maximum atomic E-state index is 13.6. The third-order valence-electron chi connectivity index (χ3n) is 6.05. The third-order valence-corrected chi connectivity index (χ3v) is 7.61. The van der Waals surface area contributed by atoms with Crippen LogP contribution in [-0.2, 0) is 17.8 Å². The van der Waals surface area contributed by atoms with Crippen molar-refractivity contribution in [3.63, 3.8) is 0 Å². The van der Waals surface area contributed by atoms with Crippen molar-refractivity contribution in [1.29, 1.82) is 0 Å². The van der Waals surface area contributed by atoms with E-state index < -0.39 is 6.03 Å². The Hall–Kier alpha value is -2.94. The fourth-order valence-corrected chi connectivity index (χ4v) is 5.28. The average Bonchev–Trinajstić information content (AvgIpc) is 3.31. The molecule has 204 valence electrons. The number of hydrogen-bond acceptors (Lipinski definition) is 5. The number of hydrogen-bond donors (Lipinski definition) is 1. The minimum Gasteiger partial charge on any atom is -0.493 e. The van der Waals surface area contributed by atoms with E-state index in [9.17, 15) is 9.59 Å². The summed E-state index contributed by atoms with van der Waals surface area (Å²) >= 11 is 13.8. The molecular weight excluding hydrogens is 545 g/mol. The lowest BCUT2D eigenvalue weighted by atomic mass is 10.1. The number of amides is 3. The van der Waals surface area contributed by atoms with E-state index in [0.717, 1.165) is 16.0 Å². The van der Waals surface area contributed by atoms with Gasteiger partial charge in [-0.25, -0.2) is 4.79 Å². The van der Waals surface area contributed by atoms with E-state index in [-0.39, 0.29) is 12.5 Å². The van der Waals surface area contributed by atoms with Crippen LogP contribution in [-0.4, -0.2) is 55.6 Å². The molecule has 0 radical (unpaired) electrons. The monoisotopic (exact) mass is 577 g/mol. The fourth-order valence-electron chi connectivity index (χ4n) is 3.90. The molecule has 1 N–H and O–H groups in total. The van der Waals surface area contributed by atoms with Gasteiger partial charge >= 0.3 is 6.03 Å². The van der Waals surface area contributed by atoms with Gasteiger partial charge in [0.25, 0.3) is 0 Å². The molecule has 10 heteroatoms. The molecule has 0 bridgehead atoms. The first-order valence-corrected chi connectivity index (χ1v) is 13.9. The number of aryl methyl sites for hydroxylation is 1. The van der Waals surface area contributed by atoms with Gasteiger partial charge in [0.2, 0.25) is 5.91 Å². The number of nitrogens with zero attached hydrogens (tertiary/aromatic N) is 2. The van der Waals surface area contributed by atoms with Crippen molar-refractivity contribution in [2.45, 2.75) is 33.2 Å². The van der Waals surface area contributed by atoms with E-state index in [1.807, 2.05) is 43.5 Å². The second-order valence-corrected chi connectivity index (χ2v) is 10.6. The SMILES string of the molecule is CCCN(CC(=O)N(CCc1ccc(OC)c(OC)c1)Cc1sccc1C)C(=O)Nc1ccc(Cl)cc1Cl. The number of anilines is 1. The molecule has 0 spiro atoms. The molecule has 38 heavy (non-hydrogen) atoms.